The van der Waals surface area contributed by atoms with Gasteiger partial charge in [-0.2, -0.15) is 0 Å². The van der Waals surface area contributed by atoms with Gasteiger partial charge in [0, 0.05) is 18.4 Å². The normalized spacial score (nSPS) is 10.3. The van der Waals surface area contributed by atoms with Gasteiger partial charge in [0.05, 0.1) is 7.11 Å². The van der Waals surface area contributed by atoms with Crippen LogP contribution in [-0.2, 0) is 22.4 Å². The molecule has 132 valence electrons. The number of carboxylic acids is 1. The van der Waals surface area contributed by atoms with Gasteiger partial charge in [-0.1, -0.05) is 6.07 Å². The van der Waals surface area contributed by atoms with E-state index >= 15 is 0 Å². The number of hydrogen-bond donors (Lipinski definition) is 3. The number of carboxylic acid groups (broad SMARTS) is 1. The maximum absolute atomic E-state index is 12.2. The molecule has 2 aromatic rings. The van der Waals surface area contributed by atoms with Crippen molar-refractivity contribution in [1.29, 1.82) is 0 Å². The van der Waals surface area contributed by atoms with Gasteiger partial charge in [0.15, 0.2) is 18.1 Å². The third-order valence-electron chi connectivity index (χ3n) is 3.45. The van der Waals surface area contributed by atoms with Gasteiger partial charge < -0.3 is 24.8 Å². The molecular formula is C18H18O7. The summed E-state index contributed by atoms with van der Waals surface area (Å²) in [7, 11) is 1.43. The predicted octanol–water partition coefficient (Wildman–Crippen LogP) is 1.92. The molecule has 2 rings (SSSR count). The molecule has 0 heterocycles. The minimum atomic E-state index is -1.12. The molecule has 0 spiro atoms. The largest absolute Gasteiger partial charge is 0.508 e. The molecule has 0 aromatic heterocycles. The van der Waals surface area contributed by atoms with Gasteiger partial charge in [-0.15, -0.1) is 0 Å². The molecule has 0 unspecified atom stereocenters. The van der Waals surface area contributed by atoms with Crippen molar-refractivity contribution in [3.05, 3.63) is 47.5 Å². The lowest BCUT2D eigenvalue weighted by molar-refractivity contribution is -0.139. The van der Waals surface area contributed by atoms with E-state index in [0.717, 1.165) is 0 Å². The molecule has 0 saturated carbocycles. The number of phenolic OH excluding ortho intramolecular Hbond substituents is 2. The zero-order valence-corrected chi connectivity index (χ0v) is 13.6. The number of ketones is 1. The van der Waals surface area contributed by atoms with Crippen molar-refractivity contribution in [3.63, 3.8) is 0 Å². The summed E-state index contributed by atoms with van der Waals surface area (Å²) in [4.78, 5) is 22.7. The number of aromatic hydroxyl groups is 2. The van der Waals surface area contributed by atoms with Crippen LogP contribution in [0.1, 0.15) is 11.1 Å². The molecule has 3 N–H and O–H groups in total. The zero-order valence-electron chi connectivity index (χ0n) is 13.6. The number of carbonyl (C=O) groups is 2. The van der Waals surface area contributed by atoms with Crippen LogP contribution in [0.2, 0.25) is 0 Å². The Balaban J connectivity index is 2.05. The molecule has 0 fully saturated rings. The monoisotopic (exact) mass is 346 g/mol. The van der Waals surface area contributed by atoms with Crippen LogP contribution in [0.15, 0.2) is 36.4 Å². The molecule has 0 radical (unpaired) electrons. The topological polar surface area (TPSA) is 113 Å². The molecule has 0 aliphatic rings. The Hall–Kier alpha value is -3.22. The van der Waals surface area contributed by atoms with Crippen LogP contribution in [0, 0.1) is 0 Å². The number of phenols is 2. The third kappa shape index (κ3) is 5.13. The molecule has 2 aromatic carbocycles. The van der Waals surface area contributed by atoms with Crippen LogP contribution >= 0.6 is 0 Å². The van der Waals surface area contributed by atoms with Crippen LogP contribution in [0.5, 0.6) is 23.0 Å². The Kier molecular flexibility index (Phi) is 5.84. The minimum absolute atomic E-state index is 0.0527. The molecular weight excluding hydrogens is 328 g/mol. The van der Waals surface area contributed by atoms with Crippen LogP contribution in [0.25, 0.3) is 0 Å². The highest BCUT2D eigenvalue weighted by Crippen LogP contribution is 2.27. The van der Waals surface area contributed by atoms with Gasteiger partial charge in [0.25, 0.3) is 0 Å². The summed E-state index contributed by atoms with van der Waals surface area (Å²) in [6.45, 7) is -0.511. The Bertz CT molecular complexity index is 783. The van der Waals surface area contributed by atoms with E-state index in [-0.39, 0.29) is 35.9 Å². The predicted molar refractivity (Wildman–Crippen MR) is 88.3 cm³/mol. The highest BCUT2D eigenvalue weighted by atomic mass is 16.5. The number of aliphatic carboxylic acids is 1. The molecule has 0 bridgehead atoms. The minimum Gasteiger partial charge on any atom is -0.508 e. The van der Waals surface area contributed by atoms with Crippen LogP contribution in [0.3, 0.4) is 0 Å². The molecule has 25 heavy (non-hydrogen) atoms. The summed E-state index contributed by atoms with van der Waals surface area (Å²) in [5.41, 5.74) is 0.951. The number of benzene rings is 2. The molecule has 0 atom stereocenters. The van der Waals surface area contributed by atoms with Gasteiger partial charge in [-0.3, -0.25) is 4.79 Å². The van der Waals surface area contributed by atoms with Crippen molar-refractivity contribution in [2.75, 3.05) is 13.7 Å². The second-order valence-electron chi connectivity index (χ2n) is 5.37. The molecule has 7 nitrogen and oxygen atoms in total. The fourth-order valence-electron chi connectivity index (χ4n) is 2.29. The summed E-state index contributed by atoms with van der Waals surface area (Å²) in [6, 6.07) is 8.88. The van der Waals surface area contributed by atoms with E-state index < -0.39 is 12.6 Å². The number of ether oxygens (including phenoxy) is 2. The molecule has 7 heteroatoms. The van der Waals surface area contributed by atoms with Crippen molar-refractivity contribution >= 4 is 11.8 Å². The zero-order chi connectivity index (χ0) is 18.4. The lowest BCUT2D eigenvalue weighted by atomic mass is 10.0. The van der Waals surface area contributed by atoms with Gasteiger partial charge in [-0.05, 0) is 35.9 Å². The van der Waals surface area contributed by atoms with Crippen molar-refractivity contribution in [1.82, 2.24) is 0 Å². The second-order valence-corrected chi connectivity index (χ2v) is 5.37. The number of Topliss-reactive ketones (excluding diaryl/α,β-unsaturated/α-hetero) is 1. The highest BCUT2D eigenvalue weighted by molar-refractivity contribution is 5.84. The van der Waals surface area contributed by atoms with Crippen LogP contribution in [-0.4, -0.2) is 40.8 Å². The van der Waals surface area contributed by atoms with Crippen LogP contribution < -0.4 is 9.47 Å². The standard InChI is InChI=1S/C18H18O7/c1-24-17-5-2-11(7-16(17)21)6-13(19)8-12-9-14(3-4-15(12)20)25-10-18(22)23/h2-5,7,9,20-21H,6,8,10H2,1H3,(H,22,23). The third-order valence-corrected chi connectivity index (χ3v) is 3.45. The summed E-state index contributed by atoms with van der Waals surface area (Å²) in [5.74, 6) is -0.865. The van der Waals surface area contributed by atoms with E-state index in [1.165, 1.54) is 31.4 Å². The van der Waals surface area contributed by atoms with E-state index in [0.29, 0.717) is 16.9 Å². The lowest BCUT2D eigenvalue weighted by Gasteiger charge is -2.09. The van der Waals surface area contributed by atoms with Gasteiger partial charge in [0.1, 0.15) is 17.3 Å². The summed E-state index contributed by atoms with van der Waals surface area (Å²) >= 11 is 0. The van der Waals surface area contributed by atoms with E-state index in [1.807, 2.05) is 0 Å². The summed E-state index contributed by atoms with van der Waals surface area (Å²) < 4.78 is 9.98. The van der Waals surface area contributed by atoms with E-state index in [2.05, 4.69) is 0 Å². The fraction of sp³-hybridized carbons (Fsp3) is 0.222. The van der Waals surface area contributed by atoms with E-state index in [1.54, 1.807) is 12.1 Å². The Morgan fingerprint density at radius 2 is 1.76 bits per heavy atom. The van der Waals surface area contributed by atoms with Crippen molar-refractivity contribution in [2.24, 2.45) is 0 Å². The first-order valence-electron chi connectivity index (χ1n) is 7.43. The lowest BCUT2D eigenvalue weighted by Crippen LogP contribution is -2.10. The maximum atomic E-state index is 12.2. The van der Waals surface area contributed by atoms with Crippen molar-refractivity contribution < 1.29 is 34.4 Å². The Morgan fingerprint density at radius 3 is 2.40 bits per heavy atom. The number of hydrogen-bond acceptors (Lipinski definition) is 6. The maximum Gasteiger partial charge on any atom is 0.341 e. The summed E-state index contributed by atoms with van der Waals surface area (Å²) in [5, 5.41) is 28.2. The SMILES string of the molecule is COc1ccc(CC(=O)Cc2cc(OCC(=O)O)ccc2O)cc1O. The van der Waals surface area contributed by atoms with Crippen molar-refractivity contribution in [2.45, 2.75) is 12.8 Å². The molecule has 0 amide bonds. The quantitative estimate of drug-likeness (QED) is 0.669. The van der Waals surface area contributed by atoms with Gasteiger partial charge >= 0.3 is 5.97 Å². The Morgan fingerprint density at radius 1 is 1.00 bits per heavy atom. The van der Waals surface area contributed by atoms with E-state index in [9.17, 15) is 19.8 Å². The average molecular weight is 346 g/mol. The number of methoxy groups -OCH3 is 1. The molecule has 0 aliphatic heterocycles. The molecule has 0 saturated heterocycles. The molecule has 0 aliphatic carbocycles. The van der Waals surface area contributed by atoms with Crippen molar-refractivity contribution in [3.8, 4) is 23.0 Å². The first-order valence-corrected chi connectivity index (χ1v) is 7.43. The summed E-state index contributed by atoms with van der Waals surface area (Å²) in [6.07, 6.45) is 0.0140. The number of rotatable bonds is 8. The van der Waals surface area contributed by atoms with E-state index in [4.69, 9.17) is 14.6 Å². The van der Waals surface area contributed by atoms with Crippen LogP contribution in [0.4, 0.5) is 0 Å². The average Bonchev–Trinajstić information content (AvgIpc) is 2.55. The second kappa shape index (κ2) is 8.05. The Labute approximate surface area is 144 Å². The highest BCUT2D eigenvalue weighted by Gasteiger charge is 2.12. The first kappa shape index (κ1) is 18.1. The number of carbonyl (C=O) groups excluding carboxylic acids is 1. The van der Waals surface area contributed by atoms with Gasteiger partial charge in [-0.25, -0.2) is 4.79 Å². The van der Waals surface area contributed by atoms with Gasteiger partial charge in [0.2, 0.25) is 0 Å². The first-order chi connectivity index (χ1) is 11.9. The smallest absolute Gasteiger partial charge is 0.341 e. The fourth-order valence-corrected chi connectivity index (χ4v) is 2.29.